The van der Waals surface area contributed by atoms with Crippen molar-refractivity contribution in [3.63, 3.8) is 0 Å². The lowest BCUT2D eigenvalue weighted by molar-refractivity contribution is -0.143. The van der Waals surface area contributed by atoms with E-state index in [1.165, 1.54) is 0 Å². The number of barbiturate groups is 1. The minimum Gasteiger partial charge on any atom is -0.277 e. The fraction of sp³-hybridized carbons (Fsp3) is 0.300. The van der Waals surface area contributed by atoms with E-state index < -0.39 is 23.3 Å². The molecular weight excluding hydrogens is 196 g/mol. The Morgan fingerprint density at radius 3 is 1.73 bits per heavy atom. The highest BCUT2D eigenvalue weighted by Crippen LogP contribution is 2.28. The fourth-order valence-corrected chi connectivity index (χ4v) is 1.31. The van der Waals surface area contributed by atoms with Crippen LogP contribution in [0.2, 0.25) is 0 Å². The molecule has 4 amide bonds. The van der Waals surface area contributed by atoms with Crippen molar-refractivity contribution in [2.24, 2.45) is 5.41 Å². The van der Waals surface area contributed by atoms with Gasteiger partial charge in [-0.2, -0.15) is 0 Å². The molecule has 1 aliphatic rings. The van der Waals surface area contributed by atoms with Crippen LogP contribution in [0.3, 0.4) is 0 Å². The molecule has 0 atom stereocenters. The summed E-state index contributed by atoms with van der Waals surface area (Å²) in [7, 11) is 0. The minimum absolute atomic E-state index is 0.137. The summed E-state index contributed by atoms with van der Waals surface area (Å²) in [5.74, 6) is 2.93. The van der Waals surface area contributed by atoms with Crippen LogP contribution in [0, 0.1) is 30.1 Å². The maximum atomic E-state index is 11.5. The van der Waals surface area contributed by atoms with Gasteiger partial charge in [-0.05, 0) is 0 Å². The Hall–Kier alpha value is -2.27. The molecule has 76 valence electrons. The maximum Gasteiger partial charge on any atom is 0.328 e. The van der Waals surface area contributed by atoms with E-state index >= 15 is 0 Å². The summed E-state index contributed by atoms with van der Waals surface area (Å²) in [5.41, 5.74) is -1.52. The van der Waals surface area contributed by atoms with E-state index in [4.69, 9.17) is 12.8 Å². The van der Waals surface area contributed by atoms with E-state index in [9.17, 15) is 14.4 Å². The molecule has 1 fully saturated rings. The van der Waals surface area contributed by atoms with Gasteiger partial charge in [0.25, 0.3) is 0 Å². The van der Waals surface area contributed by atoms with Crippen molar-refractivity contribution in [1.82, 2.24) is 10.6 Å². The number of carbonyl (C=O) groups excluding carboxylic acids is 3. The third-order valence-corrected chi connectivity index (χ3v) is 2.13. The van der Waals surface area contributed by atoms with Crippen LogP contribution in [-0.2, 0) is 9.59 Å². The average Bonchev–Trinajstić information content (AvgIpc) is 2.14. The number of hydrogen-bond acceptors (Lipinski definition) is 3. The smallest absolute Gasteiger partial charge is 0.277 e. The Morgan fingerprint density at radius 1 is 1.00 bits per heavy atom. The van der Waals surface area contributed by atoms with Crippen LogP contribution in [0.5, 0.6) is 0 Å². The molecule has 5 heteroatoms. The van der Waals surface area contributed by atoms with Crippen molar-refractivity contribution in [1.29, 1.82) is 0 Å². The molecular formula is C10H8N2O3. The number of rotatable bonds is 2. The lowest BCUT2D eigenvalue weighted by Crippen LogP contribution is -2.62. The first-order chi connectivity index (χ1) is 7.06. The molecule has 0 aromatic carbocycles. The Labute approximate surface area is 86.6 Å². The van der Waals surface area contributed by atoms with E-state index in [-0.39, 0.29) is 12.8 Å². The van der Waals surface area contributed by atoms with Gasteiger partial charge in [0.1, 0.15) is 5.41 Å². The molecule has 0 unspecified atom stereocenters. The number of amides is 4. The van der Waals surface area contributed by atoms with Gasteiger partial charge >= 0.3 is 6.03 Å². The predicted octanol–water partition coefficient (Wildman–Crippen LogP) is -0.615. The highest BCUT2D eigenvalue weighted by Gasteiger charge is 2.49. The van der Waals surface area contributed by atoms with E-state index in [1.807, 2.05) is 10.6 Å². The Bertz CT molecular complexity index is 373. The van der Waals surface area contributed by atoms with Gasteiger partial charge in [-0.3, -0.25) is 20.2 Å². The third kappa shape index (κ3) is 1.68. The lowest BCUT2D eigenvalue weighted by atomic mass is 9.78. The Morgan fingerprint density at radius 2 is 1.40 bits per heavy atom. The van der Waals surface area contributed by atoms with Gasteiger partial charge in [0, 0.05) is 12.8 Å². The maximum absolute atomic E-state index is 11.5. The van der Waals surface area contributed by atoms with Crippen LogP contribution in [0.4, 0.5) is 4.79 Å². The molecule has 1 aliphatic heterocycles. The zero-order chi connectivity index (χ0) is 11.5. The minimum atomic E-state index is -1.52. The summed E-state index contributed by atoms with van der Waals surface area (Å²) in [6.45, 7) is 0. The molecule has 5 nitrogen and oxygen atoms in total. The van der Waals surface area contributed by atoms with Crippen LogP contribution in [0.25, 0.3) is 0 Å². The van der Waals surface area contributed by atoms with Crippen LogP contribution in [0.15, 0.2) is 0 Å². The average molecular weight is 204 g/mol. The van der Waals surface area contributed by atoms with Crippen molar-refractivity contribution in [3.05, 3.63) is 0 Å². The van der Waals surface area contributed by atoms with E-state index in [0.717, 1.165) is 0 Å². The quantitative estimate of drug-likeness (QED) is 0.465. The largest absolute Gasteiger partial charge is 0.328 e. The lowest BCUT2D eigenvalue weighted by Gasteiger charge is -2.30. The van der Waals surface area contributed by atoms with Crippen LogP contribution >= 0.6 is 0 Å². The van der Waals surface area contributed by atoms with Crippen molar-refractivity contribution in [2.45, 2.75) is 12.8 Å². The number of carbonyl (C=O) groups is 3. The number of urea groups is 1. The van der Waals surface area contributed by atoms with Gasteiger partial charge in [-0.15, -0.1) is 24.7 Å². The second kappa shape index (κ2) is 3.85. The van der Waals surface area contributed by atoms with E-state index in [1.54, 1.807) is 0 Å². The molecule has 0 aromatic heterocycles. The third-order valence-electron chi connectivity index (χ3n) is 2.13. The first kappa shape index (κ1) is 10.8. The van der Waals surface area contributed by atoms with Crippen molar-refractivity contribution in [3.8, 4) is 24.7 Å². The van der Waals surface area contributed by atoms with E-state index in [2.05, 4.69) is 11.8 Å². The summed E-state index contributed by atoms with van der Waals surface area (Å²) in [6.07, 6.45) is 9.87. The number of hydrogen-bond donors (Lipinski definition) is 2. The standard InChI is InChI=1S/C10H8N2O3/c1-3-5-10(6-4-2)7(13)11-9(15)12-8(10)14/h1-2H,5-6H2,(H2,11,12,13,14,15). The van der Waals surface area contributed by atoms with Crippen LogP contribution < -0.4 is 10.6 Å². The zero-order valence-corrected chi connectivity index (χ0v) is 7.79. The summed E-state index contributed by atoms with van der Waals surface area (Å²) >= 11 is 0. The summed E-state index contributed by atoms with van der Waals surface area (Å²) in [5, 5.41) is 3.94. The monoisotopic (exact) mass is 204 g/mol. The summed E-state index contributed by atoms with van der Waals surface area (Å²) in [4.78, 5) is 33.9. The van der Waals surface area contributed by atoms with Gasteiger partial charge in [0.05, 0.1) is 0 Å². The second-order valence-corrected chi connectivity index (χ2v) is 3.08. The SMILES string of the molecule is C#CCC1(CC#C)C(=O)NC(=O)NC1=O. The van der Waals surface area contributed by atoms with Gasteiger partial charge in [0.2, 0.25) is 11.8 Å². The number of terminal acetylenes is 2. The zero-order valence-electron chi connectivity index (χ0n) is 7.79. The molecule has 0 radical (unpaired) electrons. The second-order valence-electron chi connectivity index (χ2n) is 3.08. The normalized spacial score (nSPS) is 18.4. The first-order valence-corrected chi connectivity index (χ1v) is 4.10. The predicted molar refractivity (Wildman–Crippen MR) is 51.0 cm³/mol. The van der Waals surface area contributed by atoms with Gasteiger partial charge in [-0.25, -0.2) is 4.79 Å². The Balaban J connectivity index is 3.11. The summed E-state index contributed by atoms with van der Waals surface area (Å²) in [6, 6.07) is -0.852. The molecule has 1 rings (SSSR count). The Kier molecular flexibility index (Phi) is 2.77. The molecule has 1 saturated heterocycles. The molecule has 2 N–H and O–H groups in total. The fourth-order valence-electron chi connectivity index (χ4n) is 1.31. The van der Waals surface area contributed by atoms with Crippen molar-refractivity contribution in [2.75, 3.05) is 0 Å². The summed E-state index contributed by atoms with van der Waals surface area (Å²) < 4.78 is 0. The van der Waals surface area contributed by atoms with Gasteiger partial charge in [0.15, 0.2) is 0 Å². The molecule has 0 saturated carbocycles. The highest BCUT2D eigenvalue weighted by atomic mass is 16.2. The topological polar surface area (TPSA) is 75.3 Å². The molecule has 0 aliphatic carbocycles. The molecule has 0 aromatic rings. The van der Waals surface area contributed by atoms with Gasteiger partial charge < -0.3 is 0 Å². The molecule has 15 heavy (non-hydrogen) atoms. The number of nitrogens with one attached hydrogen (secondary N) is 2. The number of imide groups is 2. The van der Waals surface area contributed by atoms with Crippen LogP contribution in [-0.4, -0.2) is 17.8 Å². The molecule has 0 spiro atoms. The van der Waals surface area contributed by atoms with Crippen molar-refractivity contribution >= 4 is 17.8 Å². The van der Waals surface area contributed by atoms with E-state index in [0.29, 0.717) is 0 Å². The van der Waals surface area contributed by atoms with Crippen LogP contribution in [0.1, 0.15) is 12.8 Å². The molecule has 0 bridgehead atoms. The van der Waals surface area contributed by atoms with Crippen molar-refractivity contribution < 1.29 is 14.4 Å². The highest BCUT2D eigenvalue weighted by molar-refractivity contribution is 6.19. The molecule has 1 heterocycles. The van der Waals surface area contributed by atoms with Gasteiger partial charge in [-0.1, -0.05) is 0 Å². The first-order valence-electron chi connectivity index (χ1n) is 4.10.